The normalized spacial score (nSPS) is 12.8. The Hall–Kier alpha value is -2.71. The number of carbonyl (C=O) groups excluding carboxylic acids is 1. The predicted molar refractivity (Wildman–Crippen MR) is 94.4 cm³/mol. The smallest absolute Gasteiger partial charge is 0.241 e. The van der Waals surface area contributed by atoms with Gasteiger partial charge in [-0.1, -0.05) is 18.2 Å². The molecule has 0 aliphatic carbocycles. The molecule has 3 aromatic rings. The van der Waals surface area contributed by atoms with Crippen molar-refractivity contribution >= 4 is 26.9 Å². The predicted octanol–water partition coefficient (Wildman–Crippen LogP) is 2.73. The first-order valence-corrected chi connectivity index (χ1v) is 9.36. The molecule has 0 spiro atoms. The van der Waals surface area contributed by atoms with Gasteiger partial charge in [-0.2, -0.15) is 0 Å². The molecule has 3 rings (SSSR count). The van der Waals surface area contributed by atoms with E-state index in [2.05, 4.69) is 10.0 Å². The summed E-state index contributed by atoms with van der Waals surface area (Å²) in [5, 5.41) is 3.59. The van der Waals surface area contributed by atoms with Crippen LogP contribution in [0, 0.1) is 5.82 Å². The fraction of sp³-hybridized carbons (Fsp3) is 0.167. The van der Waals surface area contributed by atoms with Crippen molar-refractivity contribution in [1.82, 2.24) is 10.0 Å². The molecule has 0 unspecified atom stereocenters. The Morgan fingerprint density at radius 2 is 1.85 bits per heavy atom. The fourth-order valence-corrected chi connectivity index (χ4v) is 3.42. The Labute approximate surface area is 150 Å². The van der Waals surface area contributed by atoms with Crippen LogP contribution in [-0.2, 0) is 14.8 Å². The third kappa shape index (κ3) is 4.09. The average Bonchev–Trinajstić information content (AvgIpc) is 3.05. The Morgan fingerprint density at radius 3 is 2.54 bits per heavy atom. The second kappa shape index (κ2) is 7.27. The maximum absolute atomic E-state index is 12.9. The minimum Gasteiger partial charge on any atom is -0.459 e. The highest BCUT2D eigenvalue weighted by atomic mass is 32.2. The molecule has 0 aliphatic rings. The van der Waals surface area contributed by atoms with Crippen molar-refractivity contribution in [1.29, 1.82) is 0 Å². The zero-order valence-corrected chi connectivity index (χ0v) is 14.7. The topological polar surface area (TPSA) is 88.4 Å². The number of halogens is 1. The molecule has 26 heavy (non-hydrogen) atoms. The summed E-state index contributed by atoms with van der Waals surface area (Å²) in [5.41, 5.74) is 0.709. The molecule has 2 aromatic carbocycles. The van der Waals surface area contributed by atoms with E-state index in [1.54, 1.807) is 6.92 Å². The zero-order chi connectivity index (χ0) is 18.7. The van der Waals surface area contributed by atoms with Crippen molar-refractivity contribution < 1.29 is 22.0 Å². The van der Waals surface area contributed by atoms with Crippen LogP contribution >= 0.6 is 0 Å². The highest BCUT2D eigenvalue weighted by molar-refractivity contribution is 7.89. The van der Waals surface area contributed by atoms with Gasteiger partial charge in [0, 0.05) is 5.39 Å². The van der Waals surface area contributed by atoms with E-state index in [1.165, 1.54) is 0 Å². The molecule has 0 saturated carbocycles. The van der Waals surface area contributed by atoms with E-state index in [1.807, 2.05) is 30.3 Å². The van der Waals surface area contributed by atoms with Gasteiger partial charge < -0.3 is 9.73 Å². The molecule has 0 aliphatic heterocycles. The van der Waals surface area contributed by atoms with Gasteiger partial charge in [-0.25, -0.2) is 17.5 Å². The van der Waals surface area contributed by atoms with Crippen LogP contribution in [0.1, 0.15) is 18.7 Å². The quantitative estimate of drug-likeness (QED) is 0.692. The maximum atomic E-state index is 12.9. The van der Waals surface area contributed by atoms with E-state index in [4.69, 9.17) is 4.42 Å². The van der Waals surface area contributed by atoms with E-state index in [-0.39, 0.29) is 4.90 Å². The lowest BCUT2D eigenvalue weighted by Crippen LogP contribution is -2.37. The lowest BCUT2D eigenvalue weighted by atomic mass is 10.2. The molecular weight excluding hydrogens is 359 g/mol. The SMILES string of the molecule is C[C@H](NC(=O)CNS(=O)(=O)c1ccc(F)cc1)c1cc2ccccc2o1. The summed E-state index contributed by atoms with van der Waals surface area (Å²) >= 11 is 0. The molecule has 0 fully saturated rings. The first kappa shape index (κ1) is 18.1. The van der Waals surface area contributed by atoms with Crippen molar-refractivity contribution in [3.05, 3.63) is 66.2 Å². The number of fused-ring (bicyclic) bond motifs is 1. The number of carbonyl (C=O) groups is 1. The molecule has 0 radical (unpaired) electrons. The fourth-order valence-electron chi connectivity index (χ4n) is 2.44. The number of para-hydroxylation sites is 1. The Morgan fingerprint density at radius 1 is 1.15 bits per heavy atom. The molecule has 2 N–H and O–H groups in total. The van der Waals surface area contributed by atoms with Crippen molar-refractivity contribution in [2.75, 3.05) is 6.54 Å². The summed E-state index contributed by atoms with van der Waals surface area (Å²) in [6, 6.07) is 13.2. The minimum absolute atomic E-state index is 0.114. The molecule has 136 valence electrons. The Kier molecular flexibility index (Phi) is 5.06. The van der Waals surface area contributed by atoms with Crippen molar-refractivity contribution in [3.8, 4) is 0 Å². The maximum Gasteiger partial charge on any atom is 0.241 e. The molecule has 1 aromatic heterocycles. The lowest BCUT2D eigenvalue weighted by molar-refractivity contribution is -0.120. The van der Waals surface area contributed by atoms with Crippen LogP contribution in [0.5, 0.6) is 0 Å². The van der Waals surface area contributed by atoms with Gasteiger partial charge in [-0.05, 0) is 43.3 Å². The first-order chi connectivity index (χ1) is 12.3. The molecule has 8 heteroatoms. The number of furan rings is 1. The number of sulfonamides is 1. The highest BCUT2D eigenvalue weighted by Crippen LogP contribution is 2.23. The standard InChI is InChI=1S/C18H17FN2O4S/c1-12(17-10-13-4-2-3-5-16(13)25-17)21-18(22)11-20-26(23,24)15-8-6-14(19)7-9-15/h2-10,12,20H,11H2,1H3,(H,21,22)/t12-/m0/s1. The largest absolute Gasteiger partial charge is 0.459 e. The number of amides is 1. The third-order valence-electron chi connectivity index (χ3n) is 3.80. The lowest BCUT2D eigenvalue weighted by Gasteiger charge is -2.12. The van der Waals surface area contributed by atoms with E-state index in [9.17, 15) is 17.6 Å². The van der Waals surface area contributed by atoms with Crippen LogP contribution in [0.2, 0.25) is 0 Å². The summed E-state index contributed by atoms with van der Waals surface area (Å²) < 4.78 is 44.9. The number of nitrogens with one attached hydrogen (secondary N) is 2. The van der Waals surface area contributed by atoms with Crippen molar-refractivity contribution in [3.63, 3.8) is 0 Å². The average molecular weight is 376 g/mol. The molecule has 0 saturated heterocycles. The van der Waals surface area contributed by atoms with Crippen LogP contribution in [0.4, 0.5) is 4.39 Å². The van der Waals surface area contributed by atoms with Gasteiger partial charge in [0.2, 0.25) is 15.9 Å². The van der Waals surface area contributed by atoms with Gasteiger partial charge in [0.25, 0.3) is 0 Å². The molecule has 1 atom stereocenters. The second-order valence-electron chi connectivity index (χ2n) is 5.75. The third-order valence-corrected chi connectivity index (χ3v) is 5.21. The summed E-state index contributed by atoms with van der Waals surface area (Å²) in [6.07, 6.45) is 0. The number of rotatable bonds is 6. The molecule has 1 heterocycles. The molecule has 1 amide bonds. The van der Waals surface area contributed by atoms with Crippen LogP contribution < -0.4 is 10.0 Å². The van der Waals surface area contributed by atoms with Crippen LogP contribution in [0.15, 0.2) is 63.9 Å². The molecular formula is C18H17FN2O4S. The van der Waals surface area contributed by atoms with E-state index in [0.29, 0.717) is 11.3 Å². The van der Waals surface area contributed by atoms with Crippen LogP contribution in [-0.4, -0.2) is 20.9 Å². The molecule has 0 bridgehead atoms. The van der Waals surface area contributed by atoms with Gasteiger partial charge in [-0.15, -0.1) is 0 Å². The van der Waals surface area contributed by atoms with Gasteiger partial charge >= 0.3 is 0 Å². The summed E-state index contributed by atoms with van der Waals surface area (Å²) in [6.45, 7) is 1.30. The van der Waals surface area contributed by atoms with Crippen LogP contribution in [0.25, 0.3) is 11.0 Å². The zero-order valence-electron chi connectivity index (χ0n) is 13.9. The molecule has 6 nitrogen and oxygen atoms in total. The van der Waals surface area contributed by atoms with Gasteiger partial charge in [0.05, 0.1) is 17.5 Å². The summed E-state index contributed by atoms with van der Waals surface area (Å²) in [5.74, 6) is -0.481. The Balaban J connectivity index is 1.60. The number of benzene rings is 2. The second-order valence-corrected chi connectivity index (χ2v) is 7.52. The Bertz CT molecular complexity index is 996. The number of hydrogen-bond acceptors (Lipinski definition) is 4. The van der Waals surface area contributed by atoms with E-state index in [0.717, 1.165) is 29.7 Å². The van der Waals surface area contributed by atoms with Crippen molar-refractivity contribution in [2.24, 2.45) is 0 Å². The minimum atomic E-state index is -3.89. The van der Waals surface area contributed by atoms with Gasteiger partial charge in [0.15, 0.2) is 0 Å². The summed E-state index contributed by atoms with van der Waals surface area (Å²) in [4.78, 5) is 11.9. The van der Waals surface area contributed by atoms with Crippen LogP contribution in [0.3, 0.4) is 0 Å². The number of hydrogen-bond donors (Lipinski definition) is 2. The van der Waals surface area contributed by atoms with Crippen molar-refractivity contribution in [2.45, 2.75) is 17.9 Å². The highest BCUT2D eigenvalue weighted by Gasteiger charge is 2.18. The van der Waals surface area contributed by atoms with Gasteiger partial charge in [0.1, 0.15) is 17.2 Å². The van der Waals surface area contributed by atoms with E-state index >= 15 is 0 Å². The van der Waals surface area contributed by atoms with E-state index < -0.39 is 34.3 Å². The first-order valence-electron chi connectivity index (χ1n) is 7.88. The monoisotopic (exact) mass is 376 g/mol. The van der Waals surface area contributed by atoms with Gasteiger partial charge in [-0.3, -0.25) is 4.79 Å². The summed E-state index contributed by atoms with van der Waals surface area (Å²) in [7, 11) is -3.89.